The van der Waals surface area contributed by atoms with Gasteiger partial charge in [0.1, 0.15) is 5.75 Å². The van der Waals surface area contributed by atoms with Gasteiger partial charge in [0.05, 0.1) is 18.7 Å². The Morgan fingerprint density at radius 2 is 2.39 bits per heavy atom. The summed E-state index contributed by atoms with van der Waals surface area (Å²) in [6.45, 7) is 2.50. The number of ether oxygens (including phenoxy) is 1. The van der Waals surface area contributed by atoms with E-state index in [1.807, 2.05) is 13.0 Å². The Morgan fingerprint density at radius 3 is 2.94 bits per heavy atom. The molecule has 5 heteroatoms. The van der Waals surface area contributed by atoms with Crippen LogP contribution in [0.15, 0.2) is 23.4 Å². The maximum Gasteiger partial charge on any atom is 0.173 e. The highest BCUT2D eigenvalue weighted by atomic mass is 16.5. The van der Waals surface area contributed by atoms with Crippen LogP contribution in [0, 0.1) is 12.3 Å². The van der Waals surface area contributed by atoms with Crippen LogP contribution in [0.1, 0.15) is 18.1 Å². The fourth-order valence-electron chi connectivity index (χ4n) is 1.45. The number of hydrogen-bond donors (Lipinski definition) is 3. The first kappa shape index (κ1) is 13.9. The fourth-order valence-corrected chi connectivity index (χ4v) is 1.45. The third-order valence-electron chi connectivity index (χ3n) is 2.51. The van der Waals surface area contributed by atoms with Gasteiger partial charge >= 0.3 is 0 Å². The van der Waals surface area contributed by atoms with E-state index in [1.54, 1.807) is 12.1 Å². The van der Waals surface area contributed by atoms with E-state index < -0.39 is 0 Å². The van der Waals surface area contributed by atoms with Gasteiger partial charge in [0.2, 0.25) is 0 Å². The summed E-state index contributed by atoms with van der Waals surface area (Å²) in [6, 6.07) is 5.44. The number of oxime groups is 1. The van der Waals surface area contributed by atoms with Crippen molar-refractivity contribution in [1.29, 1.82) is 0 Å². The highest BCUT2D eigenvalue weighted by molar-refractivity contribution is 5.99. The van der Waals surface area contributed by atoms with E-state index in [0.717, 1.165) is 5.56 Å². The van der Waals surface area contributed by atoms with Crippen LogP contribution >= 0.6 is 0 Å². The van der Waals surface area contributed by atoms with Gasteiger partial charge in [0.25, 0.3) is 0 Å². The van der Waals surface area contributed by atoms with E-state index in [-0.39, 0.29) is 11.9 Å². The van der Waals surface area contributed by atoms with Gasteiger partial charge < -0.3 is 15.7 Å². The second-order valence-electron chi connectivity index (χ2n) is 3.79. The number of rotatable bonds is 5. The second-order valence-corrected chi connectivity index (χ2v) is 3.79. The molecule has 0 aliphatic rings. The number of amidine groups is 1. The molecular weight excluding hydrogens is 230 g/mol. The van der Waals surface area contributed by atoms with Crippen molar-refractivity contribution in [2.24, 2.45) is 10.9 Å². The molecule has 1 aromatic carbocycles. The zero-order chi connectivity index (χ0) is 13.5. The molecule has 5 nitrogen and oxygen atoms in total. The van der Waals surface area contributed by atoms with Gasteiger partial charge in [-0.15, -0.1) is 6.42 Å². The van der Waals surface area contributed by atoms with Gasteiger partial charge in [-0.3, -0.25) is 5.32 Å². The van der Waals surface area contributed by atoms with Crippen LogP contribution in [0.2, 0.25) is 0 Å². The SMILES string of the molecule is C#CC(C)NCc1ccc(OC)c(/C(N)=N/O)c1. The minimum atomic E-state index is -0.0144. The van der Waals surface area contributed by atoms with E-state index in [0.29, 0.717) is 17.9 Å². The van der Waals surface area contributed by atoms with Crippen molar-refractivity contribution in [3.63, 3.8) is 0 Å². The highest BCUT2D eigenvalue weighted by Crippen LogP contribution is 2.19. The standard InChI is InChI=1S/C13H17N3O2/c1-4-9(2)15-8-10-5-6-12(18-3)11(7-10)13(14)16-17/h1,5-7,9,15,17H,8H2,2-3H3,(H2,14,16). The lowest BCUT2D eigenvalue weighted by atomic mass is 10.1. The molecule has 0 aliphatic heterocycles. The molecule has 4 N–H and O–H groups in total. The summed E-state index contributed by atoms with van der Waals surface area (Å²) >= 11 is 0. The summed E-state index contributed by atoms with van der Waals surface area (Å²) in [5, 5.41) is 14.9. The summed E-state index contributed by atoms with van der Waals surface area (Å²) in [5.41, 5.74) is 7.11. The molecule has 0 aliphatic carbocycles. The van der Waals surface area contributed by atoms with Crippen molar-refractivity contribution in [3.8, 4) is 18.1 Å². The Labute approximate surface area is 107 Å². The molecule has 96 valence electrons. The predicted molar refractivity (Wildman–Crippen MR) is 70.6 cm³/mol. The average Bonchev–Trinajstić information content (AvgIpc) is 2.43. The molecule has 18 heavy (non-hydrogen) atoms. The van der Waals surface area contributed by atoms with Crippen molar-refractivity contribution in [2.45, 2.75) is 19.5 Å². The molecule has 0 aromatic heterocycles. The quantitative estimate of drug-likeness (QED) is 0.237. The number of methoxy groups -OCH3 is 1. The monoisotopic (exact) mass is 247 g/mol. The topological polar surface area (TPSA) is 79.9 Å². The molecule has 0 bridgehead atoms. The maximum absolute atomic E-state index is 8.72. The number of nitrogens with two attached hydrogens (primary N) is 1. The Hall–Kier alpha value is -2.19. The van der Waals surface area contributed by atoms with Gasteiger partial charge in [0, 0.05) is 6.54 Å². The van der Waals surface area contributed by atoms with Crippen molar-refractivity contribution in [3.05, 3.63) is 29.3 Å². The van der Waals surface area contributed by atoms with Gasteiger partial charge in [-0.2, -0.15) is 0 Å². The fraction of sp³-hybridized carbons (Fsp3) is 0.308. The second kappa shape index (κ2) is 6.52. The van der Waals surface area contributed by atoms with Crippen molar-refractivity contribution in [1.82, 2.24) is 5.32 Å². The van der Waals surface area contributed by atoms with Crippen LogP contribution in [0.3, 0.4) is 0 Å². The van der Waals surface area contributed by atoms with E-state index in [9.17, 15) is 0 Å². The van der Waals surface area contributed by atoms with Crippen molar-refractivity contribution in [2.75, 3.05) is 7.11 Å². The zero-order valence-corrected chi connectivity index (χ0v) is 10.5. The normalized spacial score (nSPS) is 12.8. The third-order valence-corrected chi connectivity index (χ3v) is 2.51. The van der Waals surface area contributed by atoms with E-state index in [2.05, 4.69) is 16.4 Å². The molecule has 0 fully saturated rings. The Bertz CT molecular complexity index is 478. The van der Waals surface area contributed by atoms with Crippen molar-refractivity contribution < 1.29 is 9.94 Å². The van der Waals surface area contributed by atoms with Crippen LogP contribution in [0.4, 0.5) is 0 Å². The molecule has 0 heterocycles. The van der Waals surface area contributed by atoms with E-state index >= 15 is 0 Å². The molecule has 0 radical (unpaired) electrons. The van der Waals surface area contributed by atoms with Crippen LogP contribution in [-0.2, 0) is 6.54 Å². The summed E-state index contributed by atoms with van der Waals surface area (Å²) in [7, 11) is 1.53. The number of benzene rings is 1. The molecule has 0 saturated heterocycles. The number of nitrogens with zero attached hydrogens (tertiary/aromatic N) is 1. The molecule has 1 aromatic rings. The van der Waals surface area contributed by atoms with Gasteiger partial charge in [-0.25, -0.2) is 0 Å². The predicted octanol–water partition coefficient (Wildman–Crippen LogP) is 0.901. The van der Waals surface area contributed by atoms with Crippen LogP contribution in [-0.4, -0.2) is 24.2 Å². The number of hydrogen-bond acceptors (Lipinski definition) is 4. The van der Waals surface area contributed by atoms with Crippen molar-refractivity contribution >= 4 is 5.84 Å². The molecule has 0 spiro atoms. The minimum Gasteiger partial charge on any atom is -0.496 e. The highest BCUT2D eigenvalue weighted by Gasteiger charge is 2.09. The first-order chi connectivity index (χ1) is 8.62. The molecular formula is C13H17N3O2. The van der Waals surface area contributed by atoms with E-state index in [4.69, 9.17) is 22.1 Å². The van der Waals surface area contributed by atoms with Crippen LogP contribution in [0.25, 0.3) is 0 Å². The minimum absolute atomic E-state index is 0.0127. The lowest BCUT2D eigenvalue weighted by Crippen LogP contribution is -2.24. The number of nitrogens with one attached hydrogen (secondary N) is 1. The summed E-state index contributed by atoms with van der Waals surface area (Å²) < 4.78 is 5.15. The first-order valence-electron chi connectivity index (χ1n) is 5.46. The average molecular weight is 247 g/mol. The molecule has 1 atom stereocenters. The lowest BCUT2D eigenvalue weighted by Gasteiger charge is -2.11. The van der Waals surface area contributed by atoms with Gasteiger partial charge in [0.15, 0.2) is 5.84 Å². The molecule has 0 saturated carbocycles. The smallest absolute Gasteiger partial charge is 0.173 e. The van der Waals surface area contributed by atoms with Gasteiger partial charge in [-0.1, -0.05) is 17.1 Å². The van der Waals surface area contributed by atoms with Gasteiger partial charge in [-0.05, 0) is 24.6 Å². The Morgan fingerprint density at radius 1 is 1.67 bits per heavy atom. The van der Waals surface area contributed by atoms with Crippen LogP contribution < -0.4 is 15.8 Å². The Balaban J connectivity index is 2.93. The molecule has 1 rings (SSSR count). The lowest BCUT2D eigenvalue weighted by molar-refractivity contribution is 0.318. The summed E-state index contributed by atoms with van der Waals surface area (Å²) in [4.78, 5) is 0. The first-order valence-corrected chi connectivity index (χ1v) is 5.46. The summed E-state index contributed by atoms with van der Waals surface area (Å²) in [5.74, 6) is 3.15. The van der Waals surface area contributed by atoms with E-state index in [1.165, 1.54) is 7.11 Å². The summed E-state index contributed by atoms with van der Waals surface area (Å²) in [6.07, 6.45) is 5.28. The number of terminal acetylenes is 1. The molecule has 0 amide bonds. The Kier molecular flexibility index (Phi) is 5.03. The zero-order valence-electron chi connectivity index (χ0n) is 10.5. The van der Waals surface area contributed by atoms with Crippen LogP contribution in [0.5, 0.6) is 5.75 Å². The largest absolute Gasteiger partial charge is 0.496 e. The maximum atomic E-state index is 8.72. The third kappa shape index (κ3) is 3.40. The molecule has 1 unspecified atom stereocenters.